The molecule has 1 aromatic heterocycles. The molecular formula is C16H17ClN2O2. The molecule has 0 saturated carbocycles. The highest BCUT2D eigenvalue weighted by Crippen LogP contribution is 2.21. The summed E-state index contributed by atoms with van der Waals surface area (Å²) >= 11 is 5.94. The Labute approximate surface area is 128 Å². The minimum Gasteiger partial charge on any atom is -0.322 e. The molecule has 1 heterocycles. The molecular weight excluding hydrogens is 288 g/mol. The van der Waals surface area contributed by atoms with Gasteiger partial charge < -0.3 is 9.88 Å². The molecule has 1 N–H and O–H groups in total. The molecule has 0 saturated heterocycles. The minimum atomic E-state index is -0.418. The molecule has 110 valence electrons. The van der Waals surface area contributed by atoms with Crippen LogP contribution in [0.2, 0.25) is 5.02 Å². The van der Waals surface area contributed by atoms with Crippen LogP contribution < -0.4 is 10.9 Å². The maximum atomic E-state index is 12.4. The van der Waals surface area contributed by atoms with Gasteiger partial charge in [0.2, 0.25) is 0 Å². The normalized spacial score (nSPS) is 10.5. The third-order valence-electron chi connectivity index (χ3n) is 3.54. The van der Waals surface area contributed by atoms with E-state index in [0.717, 1.165) is 11.3 Å². The highest BCUT2D eigenvalue weighted by atomic mass is 35.5. The summed E-state index contributed by atoms with van der Waals surface area (Å²) in [6.45, 7) is 5.46. The van der Waals surface area contributed by atoms with Crippen LogP contribution in [0.4, 0.5) is 5.69 Å². The Morgan fingerprint density at radius 3 is 2.48 bits per heavy atom. The molecule has 0 aliphatic carbocycles. The summed E-state index contributed by atoms with van der Waals surface area (Å²) in [6, 6.07) is 7.06. The van der Waals surface area contributed by atoms with E-state index in [1.165, 1.54) is 4.57 Å². The molecule has 2 aromatic rings. The number of amides is 1. The van der Waals surface area contributed by atoms with E-state index in [2.05, 4.69) is 5.32 Å². The fourth-order valence-corrected chi connectivity index (χ4v) is 2.34. The molecule has 0 spiro atoms. The molecule has 5 heteroatoms. The summed E-state index contributed by atoms with van der Waals surface area (Å²) in [7, 11) is 1.65. The van der Waals surface area contributed by atoms with Crippen LogP contribution in [0.25, 0.3) is 0 Å². The Hall–Kier alpha value is -2.07. The van der Waals surface area contributed by atoms with Gasteiger partial charge in [-0.3, -0.25) is 9.59 Å². The van der Waals surface area contributed by atoms with Crippen LogP contribution in [-0.2, 0) is 7.05 Å². The Morgan fingerprint density at radius 2 is 1.81 bits per heavy atom. The van der Waals surface area contributed by atoms with E-state index in [1.54, 1.807) is 26.1 Å². The number of rotatable bonds is 2. The summed E-state index contributed by atoms with van der Waals surface area (Å²) in [6.07, 6.45) is 0. The number of hydrogen-bond acceptors (Lipinski definition) is 2. The standard InChI is InChI=1S/C16H17ClN2O2/c1-9-5-6-12(17)8-13(9)18-15(20)14-10(2)7-11(3)19(4)16(14)21/h5-8H,1-4H3,(H,18,20). The van der Waals surface area contributed by atoms with Gasteiger partial charge >= 0.3 is 0 Å². The van der Waals surface area contributed by atoms with Crippen LogP contribution in [-0.4, -0.2) is 10.5 Å². The van der Waals surface area contributed by atoms with E-state index in [0.29, 0.717) is 16.3 Å². The number of carbonyl (C=O) groups excluding carboxylic acids is 1. The first-order valence-electron chi connectivity index (χ1n) is 6.56. The predicted octanol–water partition coefficient (Wildman–Crippen LogP) is 3.22. The van der Waals surface area contributed by atoms with Gasteiger partial charge in [0.05, 0.1) is 0 Å². The lowest BCUT2D eigenvalue weighted by Gasteiger charge is -2.12. The van der Waals surface area contributed by atoms with Crippen LogP contribution in [0.1, 0.15) is 27.2 Å². The topological polar surface area (TPSA) is 51.1 Å². The number of nitrogens with one attached hydrogen (secondary N) is 1. The van der Waals surface area contributed by atoms with Crippen molar-refractivity contribution in [3.8, 4) is 0 Å². The largest absolute Gasteiger partial charge is 0.322 e. The average molecular weight is 305 g/mol. The molecule has 2 rings (SSSR count). The Balaban J connectivity index is 2.44. The van der Waals surface area contributed by atoms with E-state index < -0.39 is 5.91 Å². The Kier molecular flexibility index (Phi) is 4.19. The smallest absolute Gasteiger partial charge is 0.263 e. The van der Waals surface area contributed by atoms with Gasteiger partial charge in [0, 0.05) is 23.5 Å². The van der Waals surface area contributed by atoms with E-state index in [9.17, 15) is 9.59 Å². The second kappa shape index (κ2) is 5.74. The maximum Gasteiger partial charge on any atom is 0.263 e. The van der Waals surface area contributed by atoms with E-state index in [-0.39, 0.29) is 11.1 Å². The van der Waals surface area contributed by atoms with Crippen molar-refractivity contribution in [2.24, 2.45) is 7.05 Å². The molecule has 4 nitrogen and oxygen atoms in total. The highest BCUT2D eigenvalue weighted by Gasteiger charge is 2.17. The van der Waals surface area contributed by atoms with Crippen molar-refractivity contribution in [1.29, 1.82) is 0 Å². The van der Waals surface area contributed by atoms with Gasteiger partial charge in [0.25, 0.3) is 11.5 Å². The number of benzene rings is 1. The van der Waals surface area contributed by atoms with Crippen molar-refractivity contribution in [1.82, 2.24) is 4.57 Å². The number of carbonyl (C=O) groups is 1. The van der Waals surface area contributed by atoms with Crippen LogP contribution >= 0.6 is 11.6 Å². The first kappa shape index (κ1) is 15.3. The van der Waals surface area contributed by atoms with Crippen LogP contribution in [0.3, 0.4) is 0 Å². The Bertz CT molecular complexity index is 779. The van der Waals surface area contributed by atoms with Gasteiger partial charge in [-0.25, -0.2) is 0 Å². The van der Waals surface area contributed by atoms with Crippen molar-refractivity contribution in [3.05, 3.63) is 62.0 Å². The van der Waals surface area contributed by atoms with E-state index >= 15 is 0 Å². The number of hydrogen-bond donors (Lipinski definition) is 1. The summed E-state index contributed by atoms with van der Waals surface area (Å²) in [5.41, 5.74) is 2.82. The SMILES string of the molecule is Cc1ccc(Cl)cc1NC(=O)c1c(C)cc(C)n(C)c1=O. The van der Waals surface area contributed by atoms with E-state index in [1.807, 2.05) is 26.0 Å². The number of aryl methyl sites for hydroxylation is 3. The predicted molar refractivity (Wildman–Crippen MR) is 85.3 cm³/mol. The van der Waals surface area contributed by atoms with Crippen molar-refractivity contribution < 1.29 is 4.79 Å². The molecule has 0 bridgehead atoms. The number of anilines is 1. The van der Waals surface area contributed by atoms with Gasteiger partial charge in [-0.1, -0.05) is 17.7 Å². The molecule has 1 aromatic carbocycles. The van der Waals surface area contributed by atoms with Crippen LogP contribution in [0.5, 0.6) is 0 Å². The number of halogens is 1. The summed E-state index contributed by atoms with van der Waals surface area (Å²) < 4.78 is 1.47. The number of nitrogens with zero attached hydrogens (tertiary/aromatic N) is 1. The van der Waals surface area contributed by atoms with Gasteiger partial charge in [-0.15, -0.1) is 0 Å². The zero-order chi connectivity index (χ0) is 15.7. The van der Waals surface area contributed by atoms with E-state index in [4.69, 9.17) is 11.6 Å². The van der Waals surface area contributed by atoms with Gasteiger partial charge in [-0.2, -0.15) is 0 Å². The summed E-state index contributed by atoms with van der Waals surface area (Å²) in [5.74, 6) is -0.418. The second-order valence-electron chi connectivity index (χ2n) is 5.12. The molecule has 0 radical (unpaired) electrons. The van der Waals surface area contributed by atoms with Crippen LogP contribution in [0, 0.1) is 20.8 Å². The van der Waals surface area contributed by atoms with Crippen molar-refractivity contribution in [3.63, 3.8) is 0 Å². The molecule has 0 unspecified atom stereocenters. The number of pyridine rings is 1. The van der Waals surface area contributed by atoms with Crippen molar-refractivity contribution in [2.75, 3.05) is 5.32 Å². The fourth-order valence-electron chi connectivity index (χ4n) is 2.17. The first-order valence-corrected chi connectivity index (χ1v) is 6.94. The number of aromatic nitrogens is 1. The lowest BCUT2D eigenvalue weighted by atomic mass is 10.1. The van der Waals surface area contributed by atoms with Gasteiger partial charge in [0.1, 0.15) is 5.56 Å². The molecule has 0 aliphatic heterocycles. The summed E-state index contributed by atoms with van der Waals surface area (Å²) in [4.78, 5) is 24.7. The minimum absolute atomic E-state index is 0.155. The highest BCUT2D eigenvalue weighted by molar-refractivity contribution is 6.31. The lowest BCUT2D eigenvalue weighted by molar-refractivity contribution is 0.102. The first-order chi connectivity index (χ1) is 9.81. The third-order valence-corrected chi connectivity index (χ3v) is 3.78. The zero-order valence-electron chi connectivity index (χ0n) is 12.5. The summed E-state index contributed by atoms with van der Waals surface area (Å²) in [5, 5.41) is 3.29. The third kappa shape index (κ3) is 3.00. The molecule has 21 heavy (non-hydrogen) atoms. The fraction of sp³-hybridized carbons (Fsp3) is 0.250. The van der Waals surface area contributed by atoms with Gasteiger partial charge in [-0.05, 0) is 50.1 Å². The maximum absolute atomic E-state index is 12.4. The monoisotopic (exact) mass is 304 g/mol. The molecule has 0 aliphatic rings. The second-order valence-corrected chi connectivity index (χ2v) is 5.56. The molecule has 1 amide bonds. The van der Waals surface area contributed by atoms with Gasteiger partial charge in [0.15, 0.2) is 0 Å². The quantitative estimate of drug-likeness (QED) is 0.926. The lowest BCUT2D eigenvalue weighted by Crippen LogP contribution is -2.30. The zero-order valence-corrected chi connectivity index (χ0v) is 13.2. The Morgan fingerprint density at radius 1 is 1.14 bits per heavy atom. The molecule has 0 fully saturated rings. The van der Waals surface area contributed by atoms with Crippen LogP contribution in [0.15, 0.2) is 29.1 Å². The van der Waals surface area contributed by atoms with Crippen molar-refractivity contribution >= 4 is 23.2 Å². The van der Waals surface area contributed by atoms with Crippen molar-refractivity contribution in [2.45, 2.75) is 20.8 Å². The average Bonchev–Trinajstić information content (AvgIpc) is 2.40. The molecule has 0 atom stereocenters.